The molecule has 2 aliphatic rings. The molecule has 2 saturated heterocycles. The van der Waals surface area contributed by atoms with Crippen molar-refractivity contribution in [3.8, 4) is 5.69 Å². The third kappa shape index (κ3) is 4.70. The zero-order valence-electron chi connectivity index (χ0n) is 22.1. The minimum absolute atomic E-state index is 0.00597. The summed E-state index contributed by atoms with van der Waals surface area (Å²) in [4.78, 5) is 9.63. The molecule has 6 nitrogen and oxygen atoms in total. The Labute approximate surface area is 230 Å². The van der Waals surface area contributed by atoms with E-state index in [9.17, 15) is 0 Å². The second kappa shape index (κ2) is 10.8. The summed E-state index contributed by atoms with van der Waals surface area (Å²) in [5.74, 6) is 0. The van der Waals surface area contributed by atoms with Crippen LogP contribution in [0.2, 0.25) is 0 Å². The van der Waals surface area contributed by atoms with Crippen molar-refractivity contribution in [3.05, 3.63) is 95.6 Å². The Morgan fingerprint density at radius 2 is 1.76 bits per heavy atom. The standard InChI is InChI=1S/C31H35N5OS/c1-22-21-26(23(2)36(22)28-13-7-10-24-9-3-4-11-25(24)28)30-29(27-12-5-6-14-32-27)33-31(38)35(30)16-8-15-34-17-19-37-20-18-34/h3-7,9-14,21,29-30H,8,15-20H2,1-2H3,(H,33,38)/t29-,30+/m0/s1. The average Bonchev–Trinajstić information content (AvgIpc) is 3.43. The first kappa shape index (κ1) is 25.0. The van der Waals surface area contributed by atoms with Crippen LogP contribution in [0.25, 0.3) is 16.5 Å². The number of pyridine rings is 1. The monoisotopic (exact) mass is 525 g/mol. The van der Waals surface area contributed by atoms with Crippen molar-refractivity contribution in [2.24, 2.45) is 0 Å². The molecule has 7 heteroatoms. The fourth-order valence-corrected chi connectivity index (χ4v) is 6.47. The number of ether oxygens (including phenoxy) is 1. The van der Waals surface area contributed by atoms with Crippen molar-refractivity contribution in [1.29, 1.82) is 0 Å². The Morgan fingerprint density at radius 1 is 0.974 bits per heavy atom. The Morgan fingerprint density at radius 3 is 2.58 bits per heavy atom. The van der Waals surface area contributed by atoms with Crippen LogP contribution in [0.5, 0.6) is 0 Å². The molecule has 1 N–H and O–H groups in total. The van der Waals surface area contributed by atoms with E-state index in [1.54, 1.807) is 0 Å². The van der Waals surface area contributed by atoms with E-state index in [1.807, 2.05) is 12.3 Å². The number of benzene rings is 2. The van der Waals surface area contributed by atoms with Gasteiger partial charge in [0.05, 0.1) is 36.7 Å². The maximum absolute atomic E-state index is 5.95. The molecule has 2 aromatic heterocycles. The summed E-state index contributed by atoms with van der Waals surface area (Å²) < 4.78 is 7.94. The van der Waals surface area contributed by atoms with Crippen LogP contribution in [0, 0.1) is 13.8 Å². The summed E-state index contributed by atoms with van der Waals surface area (Å²) in [6, 6.07) is 23.7. The molecule has 2 aromatic carbocycles. The van der Waals surface area contributed by atoms with Crippen LogP contribution >= 0.6 is 12.2 Å². The largest absolute Gasteiger partial charge is 0.379 e. The molecule has 0 unspecified atom stereocenters. The molecular formula is C31H35N5OS. The van der Waals surface area contributed by atoms with E-state index in [4.69, 9.17) is 21.9 Å². The maximum atomic E-state index is 5.95. The number of nitrogens with zero attached hydrogens (tertiary/aromatic N) is 4. The van der Waals surface area contributed by atoms with E-state index in [2.05, 4.69) is 94.2 Å². The summed E-state index contributed by atoms with van der Waals surface area (Å²) in [6.07, 6.45) is 2.92. The summed E-state index contributed by atoms with van der Waals surface area (Å²) in [6.45, 7) is 10.1. The van der Waals surface area contributed by atoms with Crippen molar-refractivity contribution in [2.45, 2.75) is 32.4 Å². The van der Waals surface area contributed by atoms with Crippen LogP contribution in [0.15, 0.2) is 72.9 Å². The van der Waals surface area contributed by atoms with Gasteiger partial charge in [0.1, 0.15) is 0 Å². The molecule has 2 aliphatic heterocycles. The fraction of sp³-hybridized carbons (Fsp3) is 0.355. The quantitative estimate of drug-likeness (QED) is 0.329. The van der Waals surface area contributed by atoms with E-state index < -0.39 is 0 Å². The predicted octanol–water partition coefficient (Wildman–Crippen LogP) is 5.34. The number of hydrogen-bond acceptors (Lipinski definition) is 4. The summed E-state index contributed by atoms with van der Waals surface area (Å²) in [5, 5.41) is 6.95. The van der Waals surface area contributed by atoms with Gasteiger partial charge >= 0.3 is 0 Å². The highest BCUT2D eigenvalue weighted by Crippen LogP contribution is 2.42. The topological polar surface area (TPSA) is 45.6 Å². The molecular weight excluding hydrogens is 490 g/mol. The molecule has 38 heavy (non-hydrogen) atoms. The predicted molar refractivity (Wildman–Crippen MR) is 157 cm³/mol. The van der Waals surface area contributed by atoms with Gasteiger partial charge in [-0.3, -0.25) is 9.88 Å². The number of hydrogen-bond donors (Lipinski definition) is 1. The second-order valence-corrected chi connectivity index (χ2v) is 10.7. The molecule has 196 valence electrons. The van der Waals surface area contributed by atoms with Gasteiger partial charge in [-0.1, -0.05) is 42.5 Å². The molecule has 0 saturated carbocycles. The zero-order valence-corrected chi connectivity index (χ0v) is 23.0. The van der Waals surface area contributed by atoms with Gasteiger partial charge in [-0.05, 0) is 67.7 Å². The molecule has 4 aromatic rings. The van der Waals surface area contributed by atoms with Crippen LogP contribution in [0.3, 0.4) is 0 Å². The first-order chi connectivity index (χ1) is 18.6. The van der Waals surface area contributed by atoms with Crippen LogP contribution < -0.4 is 5.32 Å². The SMILES string of the molecule is Cc1cc([C@@H]2[C@H](c3ccccn3)NC(=S)N2CCCN2CCOCC2)c(C)n1-c1cccc2ccccc12. The molecule has 0 bridgehead atoms. The van der Waals surface area contributed by atoms with Crippen LogP contribution in [-0.2, 0) is 4.74 Å². The number of rotatable bonds is 7. The molecule has 2 fully saturated rings. The van der Waals surface area contributed by atoms with Crippen molar-refractivity contribution in [3.63, 3.8) is 0 Å². The molecule has 2 atom stereocenters. The van der Waals surface area contributed by atoms with E-state index in [1.165, 1.54) is 33.4 Å². The summed E-state index contributed by atoms with van der Waals surface area (Å²) >= 11 is 5.95. The van der Waals surface area contributed by atoms with Gasteiger partial charge in [0.15, 0.2) is 5.11 Å². The number of aromatic nitrogens is 2. The average molecular weight is 526 g/mol. The van der Waals surface area contributed by atoms with Gasteiger partial charge < -0.3 is 19.5 Å². The molecule has 0 amide bonds. The fourth-order valence-electron chi connectivity index (χ4n) is 6.14. The Hall–Kier alpha value is -3.26. The molecule has 0 aliphatic carbocycles. The highest BCUT2D eigenvalue weighted by molar-refractivity contribution is 7.80. The van der Waals surface area contributed by atoms with Gasteiger partial charge in [-0.25, -0.2) is 0 Å². The minimum atomic E-state index is -0.00597. The Bertz CT molecular complexity index is 1420. The van der Waals surface area contributed by atoms with Gasteiger partial charge in [0.25, 0.3) is 0 Å². The van der Waals surface area contributed by atoms with Gasteiger partial charge in [0.2, 0.25) is 0 Å². The number of fused-ring (bicyclic) bond motifs is 1. The third-order valence-corrected chi connectivity index (χ3v) is 8.32. The number of morpholine rings is 1. The lowest BCUT2D eigenvalue weighted by Gasteiger charge is -2.30. The number of thiocarbonyl (C=S) groups is 1. The van der Waals surface area contributed by atoms with Gasteiger partial charge in [-0.15, -0.1) is 0 Å². The van der Waals surface area contributed by atoms with Crippen molar-refractivity contribution in [1.82, 2.24) is 24.7 Å². The van der Waals surface area contributed by atoms with E-state index in [-0.39, 0.29) is 12.1 Å². The van der Waals surface area contributed by atoms with Crippen LogP contribution in [0.1, 0.15) is 41.1 Å². The van der Waals surface area contributed by atoms with Crippen molar-refractivity contribution in [2.75, 3.05) is 39.4 Å². The maximum Gasteiger partial charge on any atom is 0.170 e. The van der Waals surface area contributed by atoms with E-state index in [0.29, 0.717) is 0 Å². The summed E-state index contributed by atoms with van der Waals surface area (Å²) in [5.41, 5.74) is 6.00. The Kier molecular flexibility index (Phi) is 7.15. The van der Waals surface area contributed by atoms with Crippen LogP contribution in [-0.4, -0.2) is 63.9 Å². The lowest BCUT2D eigenvalue weighted by molar-refractivity contribution is 0.0365. The molecule has 4 heterocycles. The lowest BCUT2D eigenvalue weighted by atomic mass is 9.96. The van der Waals surface area contributed by atoms with Gasteiger partial charge in [0, 0.05) is 49.1 Å². The smallest absolute Gasteiger partial charge is 0.170 e. The second-order valence-electron chi connectivity index (χ2n) is 10.3. The van der Waals surface area contributed by atoms with E-state index >= 15 is 0 Å². The molecule has 0 radical (unpaired) electrons. The first-order valence-corrected chi connectivity index (χ1v) is 14.0. The van der Waals surface area contributed by atoms with Crippen LogP contribution in [0.4, 0.5) is 0 Å². The zero-order chi connectivity index (χ0) is 26.1. The lowest BCUT2D eigenvalue weighted by Crippen LogP contribution is -2.39. The summed E-state index contributed by atoms with van der Waals surface area (Å²) in [7, 11) is 0. The molecule has 6 rings (SSSR count). The van der Waals surface area contributed by atoms with Gasteiger partial charge in [-0.2, -0.15) is 0 Å². The molecule has 0 spiro atoms. The minimum Gasteiger partial charge on any atom is -0.379 e. The van der Waals surface area contributed by atoms with Crippen molar-refractivity contribution >= 4 is 28.1 Å². The van der Waals surface area contributed by atoms with E-state index in [0.717, 1.165) is 56.6 Å². The number of nitrogens with one attached hydrogen (secondary N) is 1. The Balaban J connectivity index is 1.37. The number of aryl methyl sites for hydroxylation is 1. The van der Waals surface area contributed by atoms with Crippen molar-refractivity contribution < 1.29 is 4.74 Å². The first-order valence-electron chi connectivity index (χ1n) is 13.6. The highest BCUT2D eigenvalue weighted by atomic mass is 32.1. The normalized spacial score (nSPS) is 20.3. The highest BCUT2D eigenvalue weighted by Gasteiger charge is 2.41. The third-order valence-electron chi connectivity index (χ3n) is 7.97.